The molecular weight excluding hydrogens is 276 g/mol. The molecule has 3 rings (SSSR count). The van der Waals surface area contributed by atoms with Gasteiger partial charge < -0.3 is 15.4 Å². The number of anilines is 1. The summed E-state index contributed by atoms with van der Waals surface area (Å²) in [7, 11) is 0. The van der Waals surface area contributed by atoms with Crippen LogP contribution in [0.4, 0.5) is 5.69 Å². The molecule has 1 aromatic carbocycles. The van der Waals surface area contributed by atoms with Crippen LogP contribution in [0.15, 0.2) is 18.2 Å². The lowest BCUT2D eigenvalue weighted by atomic mass is 10.0. The number of hydrogen-bond donors (Lipinski definition) is 1. The number of aryl methyl sites for hydroxylation is 1. The molecule has 1 saturated carbocycles. The number of nitrogen functional groups attached to an aromatic ring is 1. The number of morpholine rings is 1. The van der Waals surface area contributed by atoms with Crippen molar-refractivity contribution in [3.05, 3.63) is 29.3 Å². The molecule has 1 aliphatic carbocycles. The van der Waals surface area contributed by atoms with E-state index in [4.69, 9.17) is 10.5 Å². The summed E-state index contributed by atoms with van der Waals surface area (Å²) < 4.78 is 5.75. The van der Waals surface area contributed by atoms with Crippen molar-refractivity contribution in [3.63, 3.8) is 0 Å². The van der Waals surface area contributed by atoms with E-state index in [-0.39, 0.29) is 30.5 Å². The van der Waals surface area contributed by atoms with Crippen LogP contribution in [0.3, 0.4) is 0 Å². The van der Waals surface area contributed by atoms with E-state index in [1.165, 1.54) is 0 Å². The van der Waals surface area contributed by atoms with E-state index < -0.39 is 0 Å². The molecule has 1 aliphatic heterocycles. The van der Waals surface area contributed by atoms with E-state index in [0.29, 0.717) is 18.8 Å². The average Bonchev–Trinajstić information content (AvgIpc) is 2.89. The van der Waals surface area contributed by atoms with Crippen molar-refractivity contribution < 1.29 is 9.53 Å². The molecule has 1 heterocycles. The molecule has 2 unspecified atom stereocenters. The van der Waals surface area contributed by atoms with Crippen LogP contribution in [0.5, 0.6) is 0 Å². The van der Waals surface area contributed by atoms with Gasteiger partial charge in [0.25, 0.3) is 5.91 Å². The third-order valence-electron chi connectivity index (χ3n) is 4.24. The first-order valence-electron chi connectivity index (χ1n) is 6.95. The van der Waals surface area contributed by atoms with Gasteiger partial charge in [0.05, 0.1) is 18.8 Å². The minimum atomic E-state index is 0. The second-order valence-corrected chi connectivity index (χ2v) is 5.48. The molecule has 2 aliphatic rings. The maximum atomic E-state index is 12.7. The van der Waals surface area contributed by atoms with E-state index in [9.17, 15) is 4.79 Å². The maximum Gasteiger partial charge on any atom is 0.254 e. The predicted octanol–water partition coefficient (Wildman–Crippen LogP) is 2.39. The fourth-order valence-electron chi connectivity index (χ4n) is 3.20. The highest BCUT2D eigenvalue weighted by atomic mass is 35.5. The second kappa shape index (κ2) is 6.02. The summed E-state index contributed by atoms with van der Waals surface area (Å²) in [5.74, 6) is 0.102. The molecule has 2 N–H and O–H groups in total. The van der Waals surface area contributed by atoms with Crippen molar-refractivity contribution in [2.45, 2.75) is 38.3 Å². The van der Waals surface area contributed by atoms with Gasteiger partial charge in [0.15, 0.2) is 0 Å². The highest BCUT2D eigenvalue weighted by Crippen LogP contribution is 2.31. The van der Waals surface area contributed by atoms with Crippen LogP contribution < -0.4 is 5.73 Å². The molecule has 0 aromatic heterocycles. The summed E-state index contributed by atoms with van der Waals surface area (Å²) in [5.41, 5.74) is 8.17. The monoisotopic (exact) mass is 296 g/mol. The first-order chi connectivity index (χ1) is 9.16. The standard InChI is InChI=1S/C15H20N2O2.ClH/c1-10-5-6-11(16)9-12(10)15(18)17-7-8-19-14-4-2-3-13(14)17;/h5-6,9,13-14H,2-4,7-8,16H2,1H3;1H. The Bertz CT molecular complexity index is 507. The van der Waals surface area contributed by atoms with Gasteiger partial charge in [0.2, 0.25) is 0 Å². The SMILES string of the molecule is Cc1ccc(N)cc1C(=O)N1CCOC2CCCC21.Cl. The van der Waals surface area contributed by atoms with Gasteiger partial charge in [0.1, 0.15) is 0 Å². The van der Waals surface area contributed by atoms with E-state index in [0.717, 1.165) is 30.4 Å². The number of rotatable bonds is 1. The molecule has 0 spiro atoms. The summed E-state index contributed by atoms with van der Waals surface area (Å²) >= 11 is 0. The smallest absolute Gasteiger partial charge is 0.254 e. The zero-order chi connectivity index (χ0) is 13.4. The van der Waals surface area contributed by atoms with Gasteiger partial charge >= 0.3 is 0 Å². The maximum absolute atomic E-state index is 12.7. The van der Waals surface area contributed by atoms with Gasteiger partial charge in [-0.05, 0) is 43.9 Å². The van der Waals surface area contributed by atoms with Gasteiger partial charge in [-0.25, -0.2) is 0 Å². The minimum absolute atomic E-state index is 0. The quantitative estimate of drug-likeness (QED) is 0.810. The largest absolute Gasteiger partial charge is 0.399 e. The van der Waals surface area contributed by atoms with Crippen LogP contribution in [0.1, 0.15) is 35.2 Å². The van der Waals surface area contributed by atoms with Gasteiger partial charge in [0, 0.05) is 17.8 Å². The van der Waals surface area contributed by atoms with E-state index in [1.807, 2.05) is 24.0 Å². The van der Waals surface area contributed by atoms with E-state index in [2.05, 4.69) is 0 Å². The average molecular weight is 297 g/mol. The number of benzene rings is 1. The molecule has 4 nitrogen and oxygen atoms in total. The number of halogens is 1. The predicted molar refractivity (Wildman–Crippen MR) is 81.3 cm³/mol. The van der Waals surface area contributed by atoms with Crippen LogP contribution >= 0.6 is 12.4 Å². The summed E-state index contributed by atoms with van der Waals surface area (Å²) in [5, 5.41) is 0. The molecule has 2 fully saturated rings. The zero-order valence-corrected chi connectivity index (χ0v) is 12.5. The third-order valence-corrected chi connectivity index (χ3v) is 4.24. The Labute approximate surface area is 125 Å². The third kappa shape index (κ3) is 2.63. The highest BCUT2D eigenvalue weighted by Gasteiger charge is 2.38. The zero-order valence-electron chi connectivity index (χ0n) is 11.7. The number of fused-ring (bicyclic) bond motifs is 1. The molecule has 110 valence electrons. The van der Waals surface area contributed by atoms with Crippen molar-refractivity contribution in [1.29, 1.82) is 0 Å². The number of carbonyl (C=O) groups is 1. The lowest BCUT2D eigenvalue weighted by molar-refractivity contribution is -0.0445. The van der Waals surface area contributed by atoms with Gasteiger partial charge in [-0.15, -0.1) is 12.4 Å². The Morgan fingerprint density at radius 2 is 2.20 bits per heavy atom. The summed E-state index contributed by atoms with van der Waals surface area (Å²) in [6.45, 7) is 3.29. The summed E-state index contributed by atoms with van der Waals surface area (Å²) in [6.07, 6.45) is 3.51. The lowest BCUT2D eigenvalue weighted by Crippen LogP contribution is -2.51. The molecule has 20 heavy (non-hydrogen) atoms. The molecule has 5 heteroatoms. The second-order valence-electron chi connectivity index (χ2n) is 5.48. The van der Waals surface area contributed by atoms with E-state index in [1.54, 1.807) is 6.07 Å². The molecule has 1 saturated heterocycles. The van der Waals surface area contributed by atoms with Gasteiger partial charge in [-0.3, -0.25) is 4.79 Å². The number of nitrogens with zero attached hydrogens (tertiary/aromatic N) is 1. The Hall–Kier alpha value is -1.26. The molecular formula is C15H21ClN2O2. The van der Waals surface area contributed by atoms with Crippen LogP contribution in [0, 0.1) is 6.92 Å². The summed E-state index contributed by atoms with van der Waals surface area (Å²) in [6, 6.07) is 5.79. The Kier molecular flexibility index (Phi) is 4.55. The number of amides is 1. The van der Waals surface area contributed by atoms with Gasteiger partial charge in [-0.2, -0.15) is 0 Å². The molecule has 0 radical (unpaired) electrons. The van der Waals surface area contributed by atoms with Crippen molar-refractivity contribution in [1.82, 2.24) is 4.90 Å². The van der Waals surface area contributed by atoms with Crippen molar-refractivity contribution in [3.8, 4) is 0 Å². The van der Waals surface area contributed by atoms with Crippen LogP contribution in [0.25, 0.3) is 0 Å². The van der Waals surface area contributed by atoms with Crippen LogP contribution in [-0.4, -0.2) is 36.1 Å². The fraction of sp³-hybridized carbons (Fsp3) is 0.533. The van der Waals surface area contributed by atoms with Crippen molar-refractivity contribution in [2.24, 2.45) is 0 Å². The van der Waals surface area contributed by atoms with Crippen molar-refractivity contribution >= 4 is 24.0 Å². The number of nitrogens with two attached hydrogens (primary N) is 1. The lowest BCUT2D eigenvalue weighted by Gasteiger charge is -2.38. The number of carbonyl (C=O) groups excluding carboxylic acids is 1. The normalized spacial score (nSPS) is 24.9. The van der Waals surface area contributed by atoms with Crippen LogP contribution in [0.2, 0.25) is 0 Å². The first kappa shape index (κ1) is 15.1. The minimum Gasteiger partial charge on any atom is -0.399 e. The number of hydrogen-bond acceptors (Lipinski definition) is 3. The topological polar surface area (TPSA) is 55.6 Å². The summed E-state index contributed by atoms with van der Waals surface area (Å²) in [4.78, 5) is 14.7. The fourth-order valence-corrected chi connectivity index (χ4v) is 3.20. The van der Waals surface area contributed by atoms with Crippen molar-refractivity contribution in [2.75, 3.05) is 18.9 Å². The Balaban J connectivity index is 0.00000147. The highest BCUT2D eigenvalue weighted by molar-refractivity contribution is 5.96. The molecule has 2 atom stereocenters. The van der Waals surface area contributed by atoms with E-state index >= 15 is 0 Å². The molecule has 0 bridgehead atoms. The first-order valence-corrected chi connectivity index (χ1v) is 6.95. The molecule has 1 aromatic rings. The Morgan fingerprint density at radius 1 is 1.40 bits per heavy atom. The Morgan fingerprint density at radius 3 is 3.00 bits per heavy atom. The molecule has 1 amide bonds. The van der Waals surface area contributed by atoms with Crippen LogP contribution in [-0.2, 0) is 4.74 Å². The van der Waals surface area contributed by atoms with Gasteiger partial charge in [-0.1, -0.05) is 6.07 Å². The number of ether oxygens (including phenoxy) is 1.